The van der Waals surface area contributed by atoms with E-state index in [9.17, 15) is 5.11 Å². The molecule has 1 rings (SSSR count). The molecule has 1 heteroatoms. The van der Waals surface area contributed by atoms with Crippen molar-refractivity contribution in [2.45, 2.75) is 135 Å². The monoisotopic (exact) mass is 388 g/mol. The average molecular weight is 389 g/mol. The van der Waals surface area contributed by atoms with E-state index in [2.05, 4.69) is 6.92 Å². The summed E-state index contributed by atoms with van der Waals surface area (Å²) in [6.45, 7) is 2.29. The number of rotatable bonds is 20. The molecule has 1 aromatic rings. The molecular formula is C27H48O. The van der Waals surface area contributed by atoms with Crippen molar-refractivity contribution in [2.24, 2.45) is 0 Å². The number of phenols is 1. The Kier molecular flexibility index (Phi) is 17.3. The molecule has 0 heterocycles. The van der Waals surface area contributed by atoms with Gasteiger partial charge in [-0.1, -0.05) is 141 Å². The standard InChI is InChI=1S/C27H48O/c1-2-3-4-5-6-7-8-9-10-11-12-13-14-15-16-17-18-19-20-23-26-24-21-22-25-27(26)28/h21-22,24-25,28H,2-20,23H2,1H3. The first kappa shape index (κ1) is 25.1. The van der Waals surface area contributed by atoms with Gasteiger partial charge in [0.1, 0.15) is 5.75 Å². The number of para-hydroxylation sites is 1. The summed E-state index contributed by atoms with van der Waals surface area (Å²) >= 11 is 0. The summed E-state index contributed by atoms with van der Waals surface area (Å²) in [6, 6.07) is 7.76. The normalized spacial score (nSPS) is 11.2. The second-order valence-corrected chi connectivity index (χ2v) is 8.74. The summed E-state index contributed by atoms with van der Waals surface area (Å²) in [5.74, 6) is 0.463. The maximum atomic E-state index is 9.76. The predicted octanol–water partition coefficient (Wildman–Crippen LogP) is 9.37. The number of benzene rings is 1. The first-order valence-electron chi connectivity index (χ1n) is 12.6. The fraction of sp³-hybridized carbons (Fsp3) is 0.778. The van der Waals surface area contributed by atoms with Crippen molar-refractivity contribution in [3.05, 3.63) is 29.8 Å². The smallest absolute Gasteiger partial charge is 0.118 e. The minimum atomic E-state index is 0.463. The molecule has 1 N–H and O–H groups in total. The van der Waals surface area contributed by atoms with Crippen LogP contribution in [0.2, 0.25) is 0 Å². The summed E-state index contributed by atoms with van der Waals surface area (Å²) in [7, 11) is 0. The van der Waals surface area contributed by atoms with Crippen molar-refractivity contribution < 1.29 is 5.11 Å². The van der Waals surface area contributed by atoms with E-state index in [-0.39, 0.29) is 0 Å². The van der Waals surface area contributed by atoms with Crippen LogP contribution in [0, 0.1) is 0 Å². The molecule has 0 aliphatic rings. The summed E-state index contributed by atoms with van der Waals surface area (Å²) in [5, 5.41) is 9.76. The van der Waals surface area contributed by atoms with E-state index in [0.29, 0.717) is 5.75 Å². The Morgan fingerprint density at radius 3 is 1.25 bits per heavy atom. The third-order valence-corrected chi connectivity index (χ3v) is 6.04. The van der Waals surface area contributed by atoms with Gasteiger partial charge in [-0.3, -0.25) is 0 Å². The summed E-state index contributed by atoms with van der Waals surface area (Å²) in [4.78, 5) is 0. The van der Waals surface area contributed by atoms with Gasteiger partial charge in [-0.25, -0.2) is 0 Å². The lowest BCUT2D eigenvalue weighted by molar-refractivity contribution is 0.465. The maximum Gasteiger partial charge on any atom is 0.118 e. The SMILES string of the molecule is CCCCCCCCCCCCCCCCCCCCCc1ccccc1O. The molecule has 1 aromatic carbocycles. The van der Waals surface area contributed by atoms with Crippen LogP contribution in [-0.2, 0) is 6.42 Å². The molecular weight excluding hydrogens is 340 g/mol. The van der Waals surface area contributed by atoms with Crippen LogP contribution < -0.4 is 0 Å². The summed E-state index contributed by atoms with van der Waals surface area (Å²) in [5.41, 5.74) is 1.11. The van der Waals surface area contributed by atoms with Crippen molar-refractivity contribution in [1.29, 1.82) is 0 Å². The van der Waals surface area contributed by atoms with Gasteiger partial charge in [0.25, 0.3) is 0 Å². The molecule has 0 fully saturated rings. The molecule has 0 spiro atoms. The van der Waals surface area contributed by atoms with Gasteiger partial charge in [0.2, 0.25) is 0 Å². The first-order chi connectivity index (χ1) is 13.8. The van der Waals surface area contributed by atoms with Crippen LogP contribution in [0.15, 0.2) is 24.3 Å². The van der Waals surface area contributed by atoms with Crippen molar-refractivity contribution in [3.8, 4) is 5.75 Å². The lowest BCUT2D eigenvalue weighted by Crippen LogP contribution is -1.87. The minimum absolute atomic E-state index is 0.463. The third-order valence-electron chi connectivity index (χ3n) is 6.04. The zero-order valence-electron chi connectivity index (χ0n) is 18.9. The van der Waals surface area contributed by atoms with E-state index in [0.717, 1.165) is 12.0 Å². The Morgan fingerprint density at radius 2 is 0.857 bits per heavy atom. The van der Waals surface area contributed by atoms with E-state index < -0.39 is 0 Å². The molecule has 28 heavy (non-hydrogen) atoms. The van der Waals surface area contributed by atoms with Crippen molar-refractivity contribution in [3.63, 3.8) is 0 Å². The number of unbranched alkanes of at least 4 members (excludes halogenated alkanes) is 18. The molecule has 0 unspecified atom stereocenters. The van der Waals surface area contributed by atoms with Crippen LogP contribution >= 0.6 is 0 Å². The molecule has 0 aromatic heterocycles. The van der Waals surface area contributed by atoms with Gasteiger partial charge in [0, 0.05) is 0 Å². The van der Waals surface area contributed by atoms with Crippen molar-refractivity contribution >= 4 is 0 Å². The van der Waals surface area contributed by atoms with Crippen LogP contribution in [0.1, 0.15) is 134 Å². The van der Waals surface area contributed by atoms with Crippen LogP contribution in [-0.4, -0.2) is 5.11 Å². The Morgan fingerprint density at radius 1 is 0.500 bits per heavy atom. The zero-order valence-corrected chi connectivity index (χ0v) is 18.9. The van der Waals surface area contributed by atoms with Crippen LogP contribution in [0.5, 0.6) is 5.75 Å². The van der Waals surface area contributed by atoms with Gasteiger partial charge in [-0.05, 0) is 24.5 Å². The molecule has 0 saturated heterocycles. The molecule has 0 atom stereocenters. The second kappa shape index (κ2) is 19.3. The highest BCUT2D eigenvalue weighted by Crippen LogP contribution is 2.19. The highest BCUT2D eigenvalue weighted by molar-refractivity contribution is 5.31. The molecule has 0 saturated carbocycles. The Balaban J connectivity index is 1.72. The van der Waals surface area contributed by atoms with E-state index in [4.69, 9.17) is 0 Å². The Bertz CT molecular complexity index is 440. The number of aromatic hydroxyl groups is 1. The minimum Gasteiger partial charge on any atom is -0.508 e. The lowest BCUT2D eigenvalue weighted by atomic mass is 10.0. The predicted molar refractivity (Wildman–Crippen MR) is 125 cm³/mol. The average Bonchev–Trinajstić information content (AvgIpc) is 2.71. The fourth-order valence-corrected chi connectivity index (χ4v) is 4.12. The van der Waals surface area contributed by atoms with Gasteiger partial charge in [-0.2, -0.15) is 0 Å². The van der Waals surface area contributed by atoms with Crippen molar-refractivity contribution in [1.82, 2.24) is 0 Å². The van der Waals surface area contributed by atoms with Crippen molar-refractivity contribution in [2.75, 3.05) is 0 Å². The highest BCUT2D eigenvalue weighted by atomic mass is 16.3. The van der Waals surface area contributed by atoms with Gasteiger partial charge in [0.05, 0.1) is 0 Å². The third kappa shape index (κ3) is 15.0. The van der Waals surface area contributed by atoms with Crippen LogP contribution in [0.3, 0.4) is 0 Å². The zero-order chi connectivity index (χ0) is 20.1. The largest absolute Gasteiger partial charge is 0.508 e. The van der Waals surface area contributed by atoms with Crippen LogP contribution in [0.4, 0.5) is 0 Å². The number of aryl methyl sites for hydroxylation is 1. The van der Waals surface area contributed by atoms with Gasteiger partial charge in [0.15, 0.2) is 0 Å². The number of phenolic OH excluding ortho intramolecular Hbond substituents is 1. The van der Waals surface area contributed by atoms with Gasteiger partial charge < -0.3 is 5.11 Å². The van der Waals surface area contributed by atoms with E-state index >= 15 is 0 Å². The van der Waals surface area contributed by atoms with E-state index in [1.807, 2.05) is 18.2 Å². The van der Waals surface area contributed by atoms with E-state index in [1.54, 1.807) is 6.07 Å². The van der Waals surface area contributed by atoms with Crippen LogP contribution in [0.25, 0.3) is 0 Å². The molecule has 0 bridgehead atoms. The summed E-state index contributed by atoms with van der Waals surface area (Å²) in [6.07, 6.45) is 28.0. The number of hydrogen-bond acceptors (Lipinski definition) is 1. The lowest BCUT2D eigenvalue weighted by Gasteiger charge is -2.05. The molecule has 1 nitrogen and oxygen atoms in total. The topological polar surface area (TPSA) is 20.2 Å². The quantitative estimate of drug-likeness (QED) is 0.220. The van der Waals surface area contributed by atoms with E-state index in [1.165, 1.54) is 122 Å². The highest BCUT2D eigenvalue weighted by Gasteiger charge is 1.99. The fourth-order valence-electron chi connectivity index (χ4n) is 4.12. The Hall–Kier alpha value is -0.980. The summed E-state index contributed by atoms with van der Waals surface area (Å²) < 4.78 is 0. The molecule has 162 valence electrons. The second-order valence-electron chi connectivity index (χ2n) is 8.74. The van der Waals surface area contributed by atoms with Gasteiger partial charge in [-0.15, -0.1) is 0 Å². The molecule has 0 radical (unpaired) electrons. The maximum absolute atomic E-state index is 9.76. The first-order valence-corrected chi connectivity index (χ1v) is 12.6. The molecule has 0 amide bonds. The Labute approximate surface area is 176 Å². The van der Waals surface area contributed by atoms with Gasteiger partial charge >= 0.3 is 0 Å². The molecule has 0 aliphatic carbocycles. The number of hydrogen-bond donors (Lipinski definition) is 1. The molecule has 0 aliphatic heterocycles.